The molecule has 3 saturated carbocycles. The summed E-state index contributed by atoms with van der Waals surface area (Å²) >= 11 is 0. The molecular weight excluding hydrogens is 555 g/mol. The van der Waals surface area contributed by atoms with Crippen LogP contribution >= 0.6 is 7.26 Å². The number of hydrogen-bond donors (Lipinski definition) is 0. The van der Waals surface area contributed by atoms with Gasteiger partial charge in [-0.3, -0.25) is 4.18 Å². The summed E-state index contributed by atoms with van der Waals surface area (Å²) in [5.41, 5.74) is 2.65. The molecule has 0 aliphatic heterocycles. The van der Waals surface area contributed by atoms with Crippen molar-refractivity contribution in [2.45, 2.75) is 185 Å². The largest absolute Gasteiger partial charge is 0.726 e. The first-order valence-corrected chi connectivity index (χ1v) is 21.0. The SMILES string of the molecule is CCCCCCCCOS(=O)(=O)[O-].CCCCCOC(=O)C[P+](C1CCCCC1)(C1CCCCC1)C1CCCCC1. The summed E-state index contributed by atoms with van der Waals surface area (Å²) < 4.78 is 39.9. The van der Waals surface area contributed by atoms with E-state index < -0.39 is 17.7 Å². The van der Waals surface area contributed by atoms with Crippen molar-refractivity contribution in [1.29, 1.82) is 0 Å². The molecule has 0 saturated heterocycles. The zero-order valence-electron chi connectivity index (χ0n) is 26.6. The number of rotatable bonds is 17. The second-order valence-corrected chi connectivity index (χ2v) is 18.5. The third-order valence-corrected chi connectivity index (χ3v) is 16.8. The monoisotopic (exact) mass is 618 g/mol. The molecule has 0 aromatic rings. The van der Waals surface area contributed by atoms with Crippen molar-refractivity contribution >= 4 is 23.6 Å². The molecule has 0 aromatic carbocycles. The van der Waals surface area contributed by atoms with Gasteiger partial charge in [0.15, 0.2) is 6.16 Å². The van der Waals surface area contributed by atoms with Crippen LogP contribution in [0.15, 0.2) is 0 Å². The molecule has 0 radical (unpaired) electrons. The molecule has 3 aliphatic rings. The van der Waals surface area contributed by atoms with E-state index in [1.165, 1.54) is 128 Å². The molecule has 3 fully saturated rings. The summed E-state index contributed by atoms with van der Waals surface area (Å²) in [4.78, 5) is 13.2. The van der Waals surface area contributed by atoms with Crippen LogP contribution in [0.2, 0.25) is 0 Å². The van der Waals surface area contributed by atoms with E-state index in [2.05, 4.69) is 18.0 Å². The summed E-state index contributed by atoms with van der Waals surface area (Å²) in [6.07, 6.45) is 31.8. The van der Waals surface area contributed by atoms with Gasteiger partial charge in [0, 0.05) is 7.26 Å². The van der Waals surface area contributed by atoms with E-state index >= 15 is 0 Å². The van der Waals surface area contributed by atoms with E-state index in [0.29, 0.717) is 13.0 Å². The maximum absolute atomic E-state index is 13.2. The Bertz CT molecular complexity index is 725. The summed E-state index contributed by atoms with van der Waals surface area (Å²) in [6, 6.07) is 0. The van der Waals surface area contributed by atoms with Crippen LogP contribution in [0.25, 0.3) is 0 Å². The zero-order chi connectivity index (χ0) is 29.8. The second kappa shape index (κ2) is 21.5. The Morgan fingerprint density at radius 1 is 0.634 bits per heavy atom. The topological polar surface area (TPSA) is 92.7 Å². The Labute approximate surface area is 254 Å². The Morgan fingerprint density at radius 3 is 1.46 bits per heavy atom. The van der Waals surface area contributed by atoms with Crippen molar-refractivity contribution in [1.82, 2.24) is 0 Å². The fraction of sp³-hybridized carbons (Fsp3) is 0.970. The van der Waals surface area contributed by atoms with Crippen LogP contribution in [0.4, 0.5) is 0 Å². The highest BCUT2D eigenvalue weighted by Gasteiger charge is 2.58. The molecule has 0 spiro atoms. The average Bonchev–Trinajstić information content (AvgIpc) is 2.99. The molecule has 6 nitrogen and oxygen atoms in total. The van der Waals surface area contributed by atoms with Gasteiger partial charge in [0.1, 0.15) is 0 Å². The van der Waals surface area contributed by atoms with Crippen molar-refractivity contribution in [2.24, 2.45) is 0 Å². The number of esters is 1. The fourth-order valence-electron chi connectivity index (χ4n) is 7.82. The minimum atomic E-state index is -4.47. The first kappa shape index (κ1) is 37.0. The van der Waals surface area contributed by atoms with Crippen molar-refractivity contribution in [3.05, 3.63) is 0 Å². The molecule has 0 N–H and O–H groups in total. The lowest BCUT2D eigenvalue weighted by atomic mass is 9.99. The number of unbranched alkanes of at least 4 members (excludes halogenated alkanes) is 7. The van der Waals surface area contributed by atoms with E-state index in [0.717, 1.165) is 42.4 Å². The molecule has 3 aliphatic carbocycles. The minimum absolute atomic E-state index is 0.0258. The molecular formula is C33H63O6PS. The molecule has 242 valence electrons. The Morgan fingerprint density at radius 2 is 1.02 bits per heavy atom. The maximum atomic E-state index is 13.2. The first-order chi connectivity index (χ1) is 19.8. The summed E-state index contributed by atoms with van der Waals surface area (Å²) in [5, 5.41) is 0. The third-order valence-electron chi connectivity index (χ3n) is 9.90. The quantitative estimate of drug-likeness (QED) is 0.0530. The molecule has 0 aromatic heterocycles. The van der Waals surface area contributed by atoms with Crippen molar-refractivity contribution in [3.8, 4) is 0 Å². The van der Waals surface area contributed by atoms with Gasteiger partial charge in [-0.25, -0.2) is 13.2 Å². The van der Waals surface area contributed by atoms with Gasteiger partial charge in [-0.1, -0.05) is 78.1 Å². The first-order valence-electron chi connectivity index (χ1n) is 17.5. The molecule has 0 heterocycles. The molecule has 0 unspecified atom stereocenters. The normalized spacial score (nSPS) is 19.9. The van der Waals surface area contributed by atoms with Crippen molar-refractivity contribution in [2.75, 3.05) is 19.4 Å². The third kappa shape index (κ3) is 14.4. The van der Waals surface area contributed by atoms with Crippen LogP contribution in [0.3, 0.4) is 0 Å². The van der Waals surface area contributed by atoms with Gasteiger partial charge in [0.2, 0.25) is 10.4 Å². The van der Waals surface area contributed by atoms with Crippen LogP contribution in [0, 0.1) is 0 Å². The zero-order valence-corrected chi connectivity index (χ0v) is 28.3. The predicted molar refractivity (Wildman–Crippen MR) is 172 cm³/mol. The lowest BCUT2D eigenvalue weighted by Crippen LogP contribution is -2.39. The van der Waals surface area contributed by atoms with Gasteiger partial charge in [0.05, 0.1) is 30.2 Å². The summed E-state index contributed by atoms with van der Waals surface area (Å²) in [5.74, 6) is 0.186. The van der Waals surface area contributed by atoms with Crippen molar-refractivity contribution in [3.63, 3.8) is 0 Å². The Hall–Kier alpha value is -0.230. The standard InChI is InChI=1S/C25H46O2P.C8H18O4S/c1-2-3-13-20-27-25(26)21-28(22-14-7-4-8-15-22,23-16-9-5-10-17-23)24-18-11-6-12-19-24;1-2-3-4-5-6-7-8-12-13(9,10)11/h22-24H,2-21H2,1H3;2-8H2,1H3,(H,9,10,11)/q+1;/p-1. The van der Waals surface area contributed by atoms with E-state index in [1.807, 2.05) is 0 Å². The molecule has 8 heteroatoms. The van der Waals surface area contributed by atoms with Gasteiger partial charge in [-0.15, -0.1) is 0 Å². The lowest BCUT2D eigenvalue weighted by molar-refractivity contribution is -0.140. The van der Waals surface area contributed by atoms with Gasteiger partial charge >= 0.3 is 5.97 Å². The van der Waals surface area contributed by atoms with Gasteiger partial charge in [-0.05, 0) is 89.9 Å². The number of ether oxygens (including phenoxy) is 1. The maximum Gasteiger partial charge on any atom is 0.343 e. The lowest BCUT2D eigenvalue weighted by Gasteiger charge is -2.48. The van der Waals surface area contributed by atoms with Crippen LogP contribution in [0.1, 0.15) is 168 Å². The fourth-order valence-corrected chi connectivity index (χ4v) is 15.2. The molecule has 0 bridgehead atoms. The average molecular weight is 619 g/mol. The number of hydrogen-bond acceptors (Lipinski definition) is 6. The highest BCUT2D eigenvalue weighted by atomic mass is 32.3. The number of carbonyl (C=O) groups is 1. The van der Waals surface area contributed by atoms with Crippen LogP contribution in [-0.4, -0.2) is 55.3 Å². The summed E-state index contributed by atoms with van der Waals surface area (Å²) in [6.45, 7) is 5.03. The Balaban J connectivity index is 0.000000383. The Kier molecular flexibility index (Phi) is 19.4. The van der Waals surface area contributed by atoms with Gasteiger partial charge in [0.25, 0.3) is 0 Å². The molecule has 0 atom stereocenters. The smallest absolute Gasteiger partial charge is 0.343 e. The highest BCUT2D eigenvalue weighted by Crippen LogP contribution is 2.77. The molecule has 41 heavy (non-hydrogen) atoms. The highest BCUT2D eigenvalue weighted by molar-refractivity contribution is 7.80. The summed E-state index contributed by atoms with van der Waals surface area (Å²) in [7, 11) is -5.78. The van der Waals surface area contributed by atoms with Crippen LogP contribution in [0.5, 0.6) is 0 Å². The van der Waals surface area contributed by atoms with Gasteiger partial charge in [-0.2, -0.15) is 0 Å². The van der Waals surface area contributed by atoms with Crippen LogP contribution in [-0.2, 0) is 24.1 Å². The van der Waals surface area contributed by atoms with Crippen LogP contribution < -0.4 is 0 Å². The second-order valence-electron chi connectivity index (χ2n) is 13.0. The minimum Gasteiger partial charge on any atom is -0.726 e. The molecule has 0 amide bonds. The van der Waals surface area contributed by atoms with E-state index in [4.69, 9.17) is 4.74 Å². The van der Waals surface area contributed by atoms with E-state index in [-0.39, 0.29) is 12.6 Å². The predicted octanol–water partition coefficient (Wildman–Crippen LogP) is 9.56. The van der Waals surface area contributed by atoms with Crippen molar-refractivity contribution < 1.29 is 26.7 Å². The van der Waals surface area contributed by atoms with E-state index in [1.54, 1.807) is 0 Å². The van der Waals surface area contributed by atoms with E-state index in [9.17, 15) is 17.8 Å². The number of carbonyl (C=O) groups excluding carboxylic acids is 1. The van der Waals surface area contributed by atoms with Gasteiger partial charge < -0.3 is 9.29 Å². The molecule has 3 rings (SSSR count).